The number of ether oxygens (including phenoxy) is 1. The molecule has 0 radical (unpaired) electrons. The molecule has 0 spiro atoms. The summed E-state index contributed by atoms with van der Waals surface area (Å²) in [6.45, 7) is 4.76. The molecule has 0 aromatic carbocycles. The average molecular weight is 440 g/mol. The van der Waals surface area contributed by atoms with Crippen LogP contribution in [0.2, 0.25) is 0 Å². The van der Waals surface area contributed by atoms with Crippen molar-refractivity contribution in [3.8, 4) is 0 Å². The zero-order valence-corrected chi connectivity index (χ0v) is 18.1. The minimum Gasteiger partial charge on any atom is -0.463 e. The first-order chi connectivity index (χ1) is 15.2. The lowest BCUT2D eigenvalue weighted by molar-refractivity contribution is -0.121. The highest BCUT2D eigenvalue weighted by atomic mass is 32.2. The van der Waals surface area contributed by atoms with Crippen LogP contribution in [0.25, 0.3) is 5.70 Å². The Hall–Kier alpha value is -2.71. The molecule has 4 rings (SSSR count). The molecular formula is C23H25N3O4S. The average Bonchev–Trinajstić information content (AvgIpc) is 3.50. The Morgan fingerprint density at radius 3 is 2.87 bits per heavy atom. The Morgan fingerprint density at radius 1 is 1.29 bits per heavy atom. The number of thioether (sulfide) groups is 1. The fraction of sp³-hybridized carbons (Fsp3) is 0.391. The van der Waals surface area contributed by atoms with Crippen LogP contribution in [0.4, 0.5) is 0 Å². The van der Waals surface area contributed by atoms with Crippen molar-refractivity contribution in [1.29, 1.82) is 0 Å². The van der Waals surface area contributed by atoms with Gasteiger partial charge in [-0.25, -0.2) is 0 Å². The van der Waals surface area contributed by atoms with Gasteiger partial charge in [-0.3, -0.25) is 19.6 Å². The molecule has 1 saturated heterocycles. The second-order valence-corrected chi connectivity index (χ2v) is 8.53. The summed E-state index contributed by atoms with van der Waals surface area (Å²) in [7, 11) is 0. The Bertz CT molecular complexity index is 994. The lowest BCUT2D eigenvalue weighted by Gasteiger charge is -2.22. The van der Waals surface area contributed by atoms with Crippen LogP contribution in [-0.4, -0.2) is 42.5 Å². The number of aliphatic imine (C=N–C) groups is 1. The quantitative estimate of drug-likeness (QED) is 0.383. The van der Waals surface area contributed by atoms with Crippen LogP contribution in [0, 0.1) is 5.92 Å². The van der Waals surface area contributed by atoms with Crippen LogP contribution in [0.3, 0.4) is 0 Å². The summed E-state index contributed by atoms with van der Waals surface area (Å²) >= 11 is 1.25. The third-order valence-corrected chi connectivity index (χ3v) is 6.55. The van der Waals surface area contributed by atoms with Crippen molar-refractivity contribution in [3.05, 3.63) is 58.1 Å². The van der Waals surface area contributed by atoms with Gasteiger partial charge in [-0.15, -0.1) is 0 Å². The molecule has 0 saturated carbocycles. The fourth-order valence-corrected chi connectivity index (χ4v) is 4.86. The molecule has 2 aliphatic rings. The number of Topliss-reactive ketones (excluding diaryl/α,β-unsaturated/α-hetero) is 1. The molecule has 8 heteroatoms. The summed E-state index contributed by atoms with van der Waals surface area (Å²) < 4.78 is 10.9. The van der Waals surface area contributed by atoms with Crippen molar-refractivity contribution in [3.63, 3.8) is 0 Å². The number of hydrogen-bond acceptors (Lipinski definition) is 7. The topological polar surface area (TPSA) is 93.8 Å². The molecule has 0 atom stereocenters. The number of aryl methyl sites for hydroxylation is 2. The lowest BCUT2D eigenvalue weighted by atomic mass is 9.94. The molecular weight excluding hydrogens is 414 g/mol. The summed E-state index contributed by atoms with van der Waals surface area (Å²) in [4.78, 5) is 34.9. The molecule has 0 unspecified atom stereocenters. The van der Waals surface area contributed by atoms with Gasteiger partial charge in [0.2, 0.25) is 0 Å². The molecule has 31 heavy (non-hydrogen) atoms. The van der Waals surface area contributed by atoms with E-state index < -0.39 is 0 Å². The molecule has 1 amide bonds. The molecule has 1 aliphatic carbocycles. The van der Waals surface area contributed by atoms with Gasteiger partial charge in [0.1, 0.15) is 5.70 Å². The maximum absolute atomic E-state index is 13.3. The van der Waals surface area contributed by atoms with Crippen LogP contribution in [0.15, 0.2) is 45.0 Å². The molecule has 0 bridgehead atoms. The van der Waals surface area contributed by atoms with Crippen LogP contribution < -0.4 is 5.32 Å². The van der Waals surface area contributed by atoms with Crippen molar-refractivity contribution in [2.24, 2.45) is 10.9 Å². The van der Waals surface area contributed by atoms with E-state index in [4.69, 9.17) is 9.15 Å². The molecule has 1 fully saturated rings. The second-order valence-electron chi connectivity index (χ2n) is 7.54. The van der Waals surface area contributed by atoms with Crippen LogP contribution in [0.1, 0.15) is 46.6 Å². The standard InChI is InChI=1S/C23H25N3O4S/c1-24-20(19-6-3-9-30-19)22(21(27)15-7-10-29-11-8-15)31-14-26-23(28)17-12-16-4-2-5-18(16)25-13-17/h3,6,9,12-13,15H,1-2,4-5,7-8,10-11,14H2,(H,26,28)/b22-20-. The maximum atomic E-state index is 13.3. The molecule has 3 heterocycles. The highest BCUT2D eigenvalue weighted by Gasteiger charge is 2.28. The minimum atomic E-state index is -0.210. The SMILES string of the molecule is C=N/C(=C(\SCNC(=O)c1cnc2c(c1)CCC2)C(=O)C1CCOCC1)c1ccco1. The van der Waals surface area contributed by atoms with E-state index in [0.29, 0.717) is 48.0 Å². The number of amides is 1. The van der Waals surface area contributed by atoms with E-state index in [2.05, 4.69) is 22.0 Å². The van der Waals surface area contributed by atoms with Crippen molar-refractivity contribution in [1.82, 2.24) is 10.3 Å². The monoisotopic (exact) mass is 439 g/mol. The predicted octanol–water partition coefficient (Wildman–Crippen LogP) is 3.65. The van der Waals surface area contributed by atoms with Crippen LogP contribution in [-0.2, 0) is 22.4 Å². The van der Waals surface area contributed by atoms with Crippen molar-refractivity contribution in [2.75, 3.05) is 19.1 Å². The number of furan rings is 1. The van der Waals surface area contributed by atoms with Crippen LogP contribution >= 0.6 is 11.8 Å². The number of pyridine rings is 1. The van der Waals surface area contributed by atoms with Gasteiger partial charge in [0.25, 0.3) is 5.91 Å². The largest absolute Gasteiger partial charge is 0.463 e. The number of nitrogens with zero attached hydrogens (tertiary/aromatic N) is 2. The second kappa shape index (κ2) is 10.1. The highest BCUT2D eigenvalue weighted by Crippen LogP contribution is 2.33. The summed E-state index contributed by atoms with van der Waals surface area (Å²) in [6.07, 6.45) is 7.49. The van der Waals surface area contributed by atoms with Crippen LogP contribution in [0.5, 0.6) is 0 Å². The Balaban J connectivity index is 1.49. The summed E-state index contributed by atoms with van der Waals surface area (Å²) in [5, 5.41) is 2.88. The summed E-state index contributed by atoms with van der Waals surface area (Å²) in [5.74, 6) is 0.339. The predicted molar refractivity (Wildman–Crippen MR) is 120 cm³/mol. The van der Waals surface area contributed by atoms with E-state index in [0.717, 1.165) is 30.5 Å². The third kappa shape index (κ3) is 4.97. The van der Waals surface area contributed by atoms with Gasteiger partial charge in [0.05, 0.1) is 22.6 Å². The van der Waals surface area contributed by atoms with E-state index in [-0.39, 0.29) is 23.5 Å². The van der Waals surface area contributed by atoms with Gasteiger partial charge in [-0.05, 0) is 62.6 Å². The van der Waals surface area contributed by atoms with Gasteiger partial charge in [-0.2, -0.15) is 0 Å². The van der Waals surface area contributed by atoms with E-state index in [1.165, 1.54) is 18.0 Å². The Morgan fingerprint density at radius 2 is 2.13 bits per heavy atom. The highest BCUT2D eigenvalue weighted by molar-refractivity contribution is 8.04. The van der Waals surface area contributed by atoms with Crippen molar-refractivity contribution >= 4 is 35.9 Å². The number of rotatable bonds is 8. The smallest absolute Gasteiger partial charge is 0.253 e. The molecule has 2 aromatic rings. The molecule has 1 aliphatic heterocycles. The Labute approximate surface area is 185 Å². The van der Waals surface area contributed by atoms with Gasteiger partial charge >= 0.3 is 0 Å². The summed E-state index contributed by atoms with van der Waals surface area (Å²) in [5.41, 5.74) is 3.17. The lowest BCUT2D eigenvalue weighted by Crippen LogP contribution is -2.27. The maximum Gasteiger partial charge on any atom is 0.253 e. The number of carbonyl (C=O) groups is 2. The van der Waals surface area contributed by atoms with E-state index in [1.807, 2.05) is 6.07 Å². The van der Waals surface area contributed by atoms with Crippen molar-refractivity contribution < 1.29 is 18.7 Å². The number of fused-ring (bicyclic) bond motifs is 1. The number of aromatic nitrogens is 1. The van der Waals surface area contributed by atoms with E-state index in [1.54, 1.807) is 18.3 Å². The fourth-order valence-electron chi connectivity index (χ4n) is 3.90. The molecule has 1 N–H and O–H groups in total. The molecule has 2 aromatic heterocycles. The van der Waals surface area contributed by atoms with Gasteiger partial charge in [0.15, 0.2) is 11.5 Å². The normalized spacial score (nSPS) is 17.0. The number of allylic oxidation sites excluding steroid dienone is 1. The first kappa shape index (κ1) is 21.5. The zero-order valence-electron chi connectivity index (χ0n) is 17.3. The number of nitrogens with one attached hydrogen (secondary N) is 1. The number of ketones is 1. The zero-order chi connectivity index (χ0) is 21.6. The first-order valence-electron chi connectivity index (χ1n) is 10.4. The van der Waals surface area contributed by atoms with E-state index >= 15 is 0 Å². The Kier molecular flexibility index (Phi) is 6.99. The van der Waals surface area contributed by atoms with Gasteiger partial charge < -0.3 is 14.5 Å². The number of carbonyl (C=O) groups excluding carboxylic acids is 2. The van der Waals surface area contributed by atoms with E-state index in [9.17, 15) is 9.59 Å². The van der Waals surface area contributed by atoms with Gasteiger partial charge in [-0.1, -0.05) is 11.8 Å². The van der Waals surface area contributed by atoms with Crippen molar-refractivity contribution in [2.45, 2.75) is 32.1 Å². The first-order valence-corrected chi connectivity index (χ1v) is 11.4. The minimum absolute atomic E-state index is 0.0134. The van der Waals surface area contributed by atoms with Gasteiger partial charge in [0, 0.05) is 31.0 Å². The summed E-state index contributed by atoms with van der Waals surface area (Å²) in [6, 6.07) is 5.40. The molecule has 162 valence electrons. The molecule has 7 nitrogen and oxygen atoms in total. The number of hydrogen-bond donors (Lipinski definition) is 1. The third-order valence-electron chi connectivity index (χ3n) is 5.57.